The molecule has 0 amide bonds. The van der Waals surface area contributed by atoms with Crippen molar-refractivity contribution in [3.63, 3.8) is 0 Å². The number of benzene rings is 1. The van der Waals surface area contributed by atoms with Gasteiger partial charge in [-0.1, -0.05) is 32.3 Å². The maximum Gasteiger partial charge on any atom is 0.127 e. The highest BCUT2D eigenvalue weighted by Gasteiger charge is 2.07. The number of pyridine rings is 1. The Morgan fingerprint density at radius 1 is 0.962 bits per heavy atom. The molecule has 3 heteroatoms. The van der Waals surface area contributed by atoms with E-state index in [1.54, 1.807) is 0 Å². The van der Waals surface area contributed by atoms with Crippen molar-refractivity contribution in [3.8, 4) is 0 Å². The van der Waals surface area contributed by atoms with Gasteiger partial charge in [-0.15, -0.1) is 0 Å². The molecule has 0 atom stereocenters. The summed E-state index contributed by atoms with van der Waals surface area (Å²) >= 11 is 0. The number of nitrogens with two attached hydrogens (primary N) is 1. The smallest absolute Gasteiger partial charge is 0.127 e. The highest BCUT2D eigenvalue weighted by Crippen LogP contribution is 2.22. The van der Waals surface area contributed by atoms with Crippen LogP contribution in [0.4, 0.5) is 5.82 Å². The van der Waals surface area contributed by atoms with Crippen LogP contribution in [0, 0.1) is 0 Å². The molecule has 0 saturated heterocycles. The van der Waals surface area contributed by atoms with Crippen LogP contribution in [0.2, 0.25) is 0 Å². The lowest BCUT2D eigenvalue weighted by atomic mass is 10.0. The summed E-state index contributed by atoms with van der Waals surface area (Å²) in [4.78, 5) is 4.61. The molecule has 0 fully saturated rings. The quantitative estimate of drug-likeness (QED) is 0.541. The van der Waals surface area contributed by atoms with Gasteiger partial charge < -0.3 is 11.1 Å². The van der Waals surface area contributed by atoms with Crippen LogP contribution >= 0.6 is 0 Å². The first kappa shape index (κ1) is 20.7. The molecule has 0 radical (unpaired) electrons. The first-order chi connectivity index (χ1) is 12.4. The lowest BCUT2D eigenvalue weighted by molar-refractivity contribution is 0.417. The lowest BCUT2D eigenvalue weighted by Crippen LogP contribution is -2.36. The van der Waals surface area contributed by atoms with Crippen molar-refractivity contribution in [2.45, 2.75) is 84.6 Å². The maximum absolute atomic E-state index is 6.15. The second-order valence-electron chi connectivity index (χ2n) is 8.50. The van der Waals surface area contributed by atoms with E-state index in [0.29, 0.717) is 5.82 Å². The number of unbranched alkanes of at least 4 members (excludes halogenated alkanes) is 4. The van der Waals surface area contributed by atoms with E-state index in [4.69, 9.17) is 5.73 Å². The SMILES string of the molecule is CCCCCc1cc2cc(CCCCCNC(C)(C)C)ccc2nc1N. The fraction of sp³-hybridized carbons (Fsp3) is 0.609. The molecule has 3 N–H and O–H groups in total. The van der Waals surface area contributed by atoms with Crippen LogP contribution in [0.25, 0.3) is 10.9 Å². The second kappa shape index (κ2) is 9.91. The van der Waals surface area contributed by atoms with Gasteiger partial charge in [0, 0.05) is 10.9 Å². The fourth-order valence-electron chi connectivity index (χ4n) is 3.30. The molecule has 1 aromatic heterocycles. The van der Waals surface area contributed by atoms with Crippen molar-refractivity contribution in [3.05, 3.63) is 35.4 Å². The first-order valence-electron chi connectivity index (χ1n) is 10.3. The number of hydrogen-bond donors (Lipinski definition) is 2. The Morgan fingerprint density at radius 2 is 1.73 bits per heavy atom. The molecular weight excluding hydrogens is 318 g/mol. The van der Waals surface area contributed by atoms with Gasteiger partial charge in [0.15, 0.2) is 0 Å². The highest BCUT2D eigenvalue weighted by molar-refractivity contribution is 5.82. The Balaban J connectivity index is 1.89. The van der Waals surface area contributed by atoms with Crippen molar-refractivity contribution in [2.24, 2.45) is 0 Å². The molecule has 1 aromatic carbocycles. The Bertz CT molecular complexity index is 686. The number of anilines is 1. The molecule has 0 saturated carbocycles. The topological polar surface area (TPSA) is 50.9 Å². The van der Waals surface area contributed by atoms with E-state index in [9.17, 15) is 0 Å². The van der Waals surface area contributed by atoms with Gasteiger partial charge in [0.25, 0.3) is 0 Å². The fourth-order valence-corrected chi connectivity index (χ4v) is 3.30. The van der Waals surface area contributed by atoms with E-state index in [-0.39, 0.29) is 5.54 Å². The largest absolute Gasteiger partial charge is 0.383 e. The van der Waals surface area contributed by atoms with E-state index in [2.05, 4.69) is 62.3 Å². The Labute approximate surface area is 159 Å². The van der Waals surface area contributed by atoms with Crippen molar-refractivity contribution in [1.29, 1.82) is 0 Å². The number of nitrogens with zero attached hydrogens (tertiary/aromatic N) is 1. The standard InChI is InChI=1S/C23H37N3/c1-5-6-8-12-19-17-20-16-18(13-14-21(20)26-22(19)24)11-9-7-10-15-25-23(2,3)4/h13-14,16-17,25H,5-12,15H2,1-4H3,(H2,24,26). The van der Waals surface area contributed by atoms with E-state index >= 15 is 0 Å². The van der Waals surface area contributed by atoms with Gasteiger partial charge >= 0.3 is 0 Å². The van der Waals surface area contributed by atoms with Gasteiger partial charge in [-0.05, 0) is 88.7 Å². The third kappa shape index (κ3) is 6.95. The molecule has 0 bridgehead atoms. The molecule has 2 rings (SSSR count). The number of aromatic nitrogens is 1. The predicted molar refractivity (Wildman–Crippen MR) is 115 cm³/mol. The minimum atomic E-state index is 0.224. The molecule has 26 heavy (non-hydrogen) atoms. The predicted octanol–water partition coefficient (Wildman–Crippen LogP) is 5.65. The monoisotopic (exact) mass is 355 g/mol. The van der Waals surface area contributed by atoms with Gasteiger partial charge in [-0.2, -0.15) is 0 Å². The zero-order chi connectivity index (χ0) is 19.0. The van der Waals surface area contributed by atoms with Gasteiger partial charge in [0.05, 0.1) is 5.52 Å². The molecule has 144 valence electrons. The van der Waals surface area contributed by atoms with E-state index in [1.165, 1.54) is 55.0 Å². The van der Waals surface area contributed by atoms with Crippen LogP contribution in [-0.4, -0.2) is 17.1 Å². The highest BCUT2D eigenvalue weighted by atomic mass is 14.9. The Hall–Kier alpha value is -1.61. The summed E-state index contributed by atoms with van der Waals surface area (Å²) in [5, 5.41) is 4.79. The summed E-state index contributed by atoms with van der Waals surface area (Å²) < 4.78 is 0. The van der Waals surface area contributed by atoms with Crippen molar-refractivity contribution in [2.75, 3.05) is 12.3 Å². The molecule has 0 aliphatic carbocycles. The van der Waals surface area contributed by atoms with Crippen LogP contribution < -0.4 is 11.1 Å². The number of aryl methyl sites for hydroxylation is 2. The number of nitrogen functional groups attached to an aromatic ring is 1. The minimum Gasteiger partial charge on any atom is -0.383 e. The maximum atomic E-state index is 6.15. The summed E-state index contributed by atoms with van der Waals surface area (Å²) in [6.07, 6.45) is 9.60. The average molecular weight is 356 g/mol. The van der Waals surface area contributed by atoms with Crippen molar-refractivity contribution in [1.82, 2.24) is 10.3 Å². The molecule has 0 unspecified atom stereocenters. The van der Waals surface area contributed by atoms with Gasteiger partial charge in [0.2, 0.25) is 0 Å². The summed E-state index contributed by atoms with van der Waals surface area (Å²) in [5.41, 5.74) is 10.00. The first-order valence-corrected chi connectivity index (χ1v) is 10.3. The summed E-state index contributed by atoms with van der Waals surface area (Å²) in [7, 11) is 0. The molecule has 0 aliphatic rings. The van der Waals surface area contributed by atoms with Crippen LogP contribution in [0.5, 0.6) is 0 Å². The Morgan fingerprint density at radius 3 is 2.46 bits per heavy atom. The number of fused-ring (bicyclic) bond motifs is 1. The second-order valence-corrected chi connectivity index (χ2v) is 8.50. The van der Waals surface area contributed by atoms with Gasteiger partial charge in [0.1, 0.15) is 5.82 Å². The van der Waals surface area contributed by atoms with E-state index in [0.717, 1.165) is 24.9 Å². The van der Waals surface area contributed by atoms with Crippen LogP contribution in [0.15, 0.2) is 24.3 Å². The van der Waals surface area contributed by atoms with Gasteiger partial charge in [-0.3, -0.25) is 0 Å². The van der Waals surface area contributed by atoms with Crippen LogP contribution in [0.1, 0.15) is 77.3 Å². The van der Waals surface area contributed by atoms with E-state index in [1.807, 2.05) is 0 Å². The van der Waals surface area contributed by atoms with Crippen LogP contribution in [0.3, 0.4) is 0 Å². The average Bonchev–Trinajstić information content (AvgIpc) is 2.58. The van der Waals surface area contributed by atoms with E-state index < -0.39 is 0 Å². The molecular formula is C23H37N3. The Kier molecular flexibility index (Phi) is 7.89. The minimum absolute atomic E-state index is 0.224. The molecule has 0 aliphatic heterocycles. The zero-order valence-electron chi connectivity index (χ0n) is 17.2. The number of rotatable bonds is 10. The normalized spacial score (nSPS) is 12.0. The molecule has 0 spiro atoms. The molecule has 3 nitrogen and oxygen atoms in total. The zero-order valence-corrected chi connectivity index (χ0v) is 17.2. The number of nitrogens with one attached hydrogen (secondary N) is 1. The molecule has 2 aromatic rings. The summed E-state index contributed by atoms with van der Waals surface area (Å²) in [6.45, 7) is 10.00. The third-order valence-corrected chi connectivity index (χ3v) is 4.84. The summed E-state index contributed by atoms with van der Waals surface area (Å²) in [6, 6.07) is 8.89. The third-order valence-electron chi connectivity index (χ3n) is 4.84. The number of hydrogen-bond acceptors (Lipinski definition) is 3. The molecule has 1 heterocycles. The summed E-state index contributed by atoms with van der Waals surface area (Å²) in [5.74, 6) is 0.702. The van der Waals surface area contributed by atoms with Gasteiger partial charge in [-0.25, -0.2) is 4.98 Å². The van der Waals surface area contributed by atoms with Crippen molar-refractivity contribution < 1.29 is 0 Å². The van der Waals surface area contributed by atoms with Crippen molar-refractivity contribution >= 4 is 16.7 Å². The lowest BCUT2D eigenvalue weighted by Gasteiger charge is -2.20. The van der Waals surface area contributed by atoms with Crippen LogP contribution in [-0.2, 0) is 12.8 Å².